The molecule has 0 radical (unpaired) electrons. The molecule has 0 spiro atoms. The molecule has 2 atom stereocenters. The van der Waals surface area contributed by atoms with E-state index in [2.05, 4.69) is 10.2 Å². The van der Waals surface area contributed by atoms with E-state index in [0.717, 1.165) is 31.7 Å². The van der Waals surface area contributed by atoms with Gasteiger partial charge in [0, 0.05) is 19.1 Å². The Labute approximate surface area is 130 Å². The lowest BCUT2D eigenvalue weighted by atomic mass is 9.89. The second kappa shape index (κ2) is 6.24. The highest BCUT2D eigenvalue weighted by atomic mass is 35.5. The Morgan fingerprint density at radius 3 is 2.90 bits per heavy atom. The van der Waals surface area contributed by atoms with Crippen molar-refractivity contribution in [2.45, 2.75) is 31.7 Å². The first-order chi connectivity index (χ1) is 10.2. The van der Waals surface area contributed by atoms with Crippen LogP contribution in [0.1, 0.15) is 36.0 Å². The van der Waals surface area contributed by atoms with Crippen LogP contribution in [-0.2, 0) is 0 Å². The number of piperidine rings is 1. The number of hydrogen-bond acceptors (Lipinski definition) is 3. The van der Waals surface area contributed by atoms with Gasteiger partial charge in [-0.25, -0.2) is 0 Å². The lowest BCUT2D eigenvalue weighted by molar-refractivity contribution is 0.100. The number of carbonyl (C=O) groups is 1. The molecule has 21 heavy (non-hydrogen) atoms. The van der Waals surface area contributed by atoms with Gasteiger partial charge in [0.15, 0.2) is 0 Å². The van der Waals surface area contributed by atoms with Crippen molar-refractivity contribution in [1.29, 1.82) is 0 Å². The van der Waals surface area contributed by atoms with Crippen LogP contribution in [0, 0.1) is 5.92 Å². The molecule has 3 N–H and O–H groups in total. The van der Waals surface area contributed by atoms with E-state index < -0.39 is 5.91 Å². The quantitative estimate of drug-likeness (QED) is 0.901. The monoisotopic (exact) mass is 307 g/mol. The van der Waals surface area contributed by atoms with Crippen LogP contribution in [0.4, 0.5) is 5.69 Å². The zero-order chi connectivity index (χ0) is 14.8. The fourth-order valence-electron chi connectivity index (χ4n) is 3.69. The Morgan fingerprint density at radius 2 is 2.19 bits per heavy atom. The number of nitrogens with zero attached hydrogens (tertiary/aromatic N) is 1. The summed E-state index contributed by atoms with van der Waals surface area (Å²) in [5.41, 5.74) is 6.86. The maximum Gasteiger partial charge on any atom is 0.252 e. The van der Waals surface area contributed by atoms with E-state index in [9.17, 15) is 4.79 Å². The van der Waals surface area contributed by atoms with E-state index in [1.54, 1.807) is 6.07 Å². The number of carbonyl (C=O) groups excluding carboxylic acids is 1. The van der Waals surface area contributed by atoms with Gasteiger partial charge in [-0.2, -0.15) is 0 Å². The number of nitrogens with one attached hydrogen (secondary N) is 1. The van der Waals surface area contributed by atoms with Gasteiger partial charge in [-0.15, -0.1) is 0 Å². The second-order valence-electron chi connectivity index (χ2n) is 6.05. The van der Waals surface area contributed by atoms with Gasteiger partial charge in [-0.3, -0.25) is 4.79 Å². The van der Waals surface area contributed by atoms with Crippen molar-refractivity contribution < 1.29 is 4.79 Å². The van der Waals surface area contributed by atoms with E-state index in [-0.39, 0.29) is 0 Å². The maximum atomic E-state index is 11.7. The number of nitrogens with two attached hydrogens (primary N) is 1. The fourth-order valence-corrected chi connectivity index (χ4v) is 3.95. The van der Waals surface area contributed by atoms with Gasteiger partial charge in [0.05, 0.1) is 16.3 Å². The van der Waals surface area contributed by atoms with Crippen LogP contribution in [0.3, 0.4) is 0 Å². The number of hydrogen-bond donors (Lipinski definition) is 2. The first-order valence-corrected chi connectivity index (χ1v) is 8.11. The molecule has 0 aliphatic carbocycles. The Morgan fingerprint density at radius 1 is 1.33 bits per heavy atom. The molecule has 2 aliphatic heterocycles. The van der Waals surface area contributed by atoms with Gasteiger partial charge in [-0.1, -0.05) is 17.7 Å². The summed E-state index contributed by atoms with van der Waals surface area (Å²) in [6.45, 7) is 3.06. The number of amides is 1. The van der Waals surface area contributed by atoms with Crippen LogP contribution in [0.2, 0.25) is 5.02 Å². The molecule has 2 fully saturated rings. The average molecular weight is 308 g/mol. The summed E-state index contributed by atoms with van der Waals surface area (Å²) >= 11 is 6.17. The SMILES string of the molecule is NC(=O)c1c(Cl)cccc1N1CCCC(C2CCCN2)C1. The van der Waals surface area contributed by atoms with Crippen LogP contribution < -0.4 is 16.0 Å². The van der Waals surface area contributed by atoms with Crippen molar-refractivity contribution in [3.05, 3.63) is 28.8 Å². The van der Waals surface area contributed by atoms with Gasteiger partial charge in [-0.05, 0) is 50.3 Å². The third-order valence-corrected chi connectivity index (χ3v) is 5.02. The summed E-state index contributed by atoms with van der Waals surface area (Å²) in [6.07, 6.45) is 4.93. The molecule has 5 heteroatoms. The molecule has 114 valence electrons. The largest absolute Gasteiger partial charge is 0.371 e. The minimum Gasteiger partial charge on any atom is -0.371 e. The van der Waals surface area contributed by atoms with Crippen molar-refractivity contribution in [1.82, 2.24) is 5.32 Å². The van der Waals surface area contributed by atoms with Gasteiger partial charge >= 0.3 is 0 Å². The van der Waals surface area contributed by atoms with Crippen molar-refractivity contribution in [3.8, 4) is 0 Å². The van der Waals surface area contributed by atoms with Gasteiger partial charge < -0.3 is 16.0 Å². The number of benzene rings is 1. The zero-order valence-corrected chi connectivity index (χ0v) is 12.9. The molecule has 2 heterocycles. The normalized spacial score (nSPS) is 26.0. The van der Waals surface area contributed by atoms with E-state index in [4.69, 9.17) is 17.3 Å². The summed E-state index contributed by atoms with van der Waals surface area (Å²) in [5, 5.41) is 4.05. The van der Waals surface area contributed by atoms with Crippen molar-refractivity contribution >= 4 is 23.2 Å². The highest BCUT2D eigenvalue weighted by molar-refractivity contribution is 6.34. The van der Waals surface area contributed by atoms with Crippen LogP contribution in [0.25, 0.3) is 0 Å². The lowest BCUT2D eigenvalue weighted by Gasteiger charge is -2.38. The van der Waals surface area contributed by atoms with E-state index >= 15 is 0 Å². The molecular formula is C16H22ClN3O. The van der Waals surface area contributed by atoms with E-state index in [1.165, 1.54) is 19.3 Å². The summed E-state index contributed by atoms with van der Waals surface area (Å²) in [7, 11) is 0. The van der Waals surface area contributed by atoms with Gasteiger partial charge in [0.2, 0.25) is 0 Å². The Kier molecular flexibility index (Phi) is 4.36. The molecule has 1 amide bonds. The molecule has 4 nitrogen and oxygen atoms in total. The number of primary amides is 1. The molecule has 2 unspecified atom stereocenters. The average Bonchev–Trinajstić information content (AvgIpc) is 3.01. The standard InChI is InChI=1S/C16H22ClN3O/c17-12-5-1-7-14(15(12)16(18)21)20-9-3-4-11(10-20)13-6-2-8-19-13/h1,5,7,11,13,19H,2-4,6,8-10H2,(H2,18,21). The molecule has 2 saturated heterocycles. The molecule has 1 aromatic carbocycles. The third kappa shape index (κ3) is 3.01. The minimum atomic E-state index is -0.447. The Bertz CT molecular complexity index is 528. The van der Waals surface area contributed by atoms with Gasteiger partial charge in [0.25, 0.3) is 5.91 Å². The second-order valence-corrected chi connectivity index (χ2v) is 6.46. The van der Waals surface area contributed by atoms with Crippen molar-refractivity contribution in [2.24, 2.45) is 11.7 Å². The summed E-state index contributed by atoms with van der Waals surface area (Å²) < 4.78 is 0. The molecule has 0 saturated carbocycles. The van der Waals surface area contributed by atoms with Crippen LogP contribution >= 0.6 is 11.6 Å². The Balaban J connectivity index is 1.83. The zero-order valence-electron chi connectivity index (χ0n) is 12.1. The molecule has 2 aliphatic rings. The first kappa shape index (κ1) is 14.7. The predicted molar refractivity (Wildman–Crippen MR) is 85.9 cm³/mol. The van der Waals surface area contributed by atoms with Gasteiger partial charge in [0.1, 0.15) is 0 Å². The fraction of sp³-hybridized carbons (Fsp3) is 0.562. The topological polar surface area (TPSA) is 58.4 Å². The summed E-state index contributed by atoms with van der Waals surface area (Å²) in [6, 6.07) is 6.19. The number of halogens is 1. The highest BCUT2D eigenvalue weighted by Crippen LogP contribution is 2.32. The van der Waals surface area contributed by atoms with Crippen LogP contribution in [0.5, 0.6) is 0 Å². The molecule has 1 aromatic rings. The smallest absolute Gasteiger partial charge is 0.252 e. The predicted octanol–water partition coefficient (Wildman–Crippen LogP) is 2.41. The summed E-state index contributed by atoms with van der Waals surface area (Å²) in [4.78, 5) is 14.0. The van der Waals surface area contributed by atoms with E-state index in [1.807, 2.05) is 12.1 Å². The highest BCUT2D eigenvalue weighted by Gasteiger charge is 2.30. The first-order valence-electron chi connectivity index (χ1n) is 7.73. The number of anilines is 1. The molecule has 0 bridgehead atoms. The maximum absolute atomic E-state index is 11.7. The Hall–Kier alpha value is -1.26. The molecule has 3 rings (SSSR count). The lowest BCUT2D eigenvalue weighted by Crippen LogP contribution is -2.44. The summed E-state index contributed by atoms with van der Waals surface area (Å²) in [5.74, 6) is 0.192. The van der Waals surface area contributed by atoms with E-state index in [0.29, 0.717) is 22.5 Å². The molecule has 0 aromatic heterocycles. The van der Waals surface area contributed by atoms with Crippen LogP contribution in [-0.4, -0.2) is 31.6 Å². The number of rotatable bonds is 3. The van der Waals surface area contributed by atoms with Crippen LogP contribution in [0.15, 0.2) is 18.2 Å². The third-order valence-electron chi connectivity index (χ3n) is 4.70. The molecular weight excluding hydrogens is 286 g/mol. The van der Waals surface area contributed by atoms with Crippen molar-refractivity contribution in [2.75, 3.05) is 24.5 Å². The van der Waals surface area contributed by atoms with Crippen molar-refractivity contribution in [3.63, 3.8) is 0 Å². The minimum absolute atomic E-state index is 0.445.